The van der Waals surface area contributed by atoms with Gasteiger partial charge < -0.3 is 5.32 Å². The molecule has 1 saturated carbocycles. The smallest absolute Gasteiger partial charge is 0.223 e. The molecule has 0 aliphatic heterocycles. The highest BCUT2D eigenvalue weighted by atomic mass is 16.2. The van der Waals surface area contributed by atoms with Gasteiger partial charge in [-0.15, -0.1) is 0 Å². The predicted octanol–water partition coefficient (Wildman–Crippen LogP) is 2.83. The van der Waals surface area contributed by atoms with Gasteiger partial charge in [0.15, 0.2) is 0 Å². The highest BCUT2D eigenvalue weighted by Crippen LogP contribution is 2.37. The van der Waals surface area contributed by atoms with E-state index in [2.05, 4.69) is 26.1 Å². The predicted molar refractivity (Wildman–Crippen MR) is 63.5 cm³/mol. The van der Waals surface area contributed by atoms with Crippen molar-refractivity contribution in [2.24, 2.45) is 23.7 Å². The van der Waals surface area contributed by atoms with Crippen LogP contribution < -0.4 is 5.32 Å². The fourth-order valence-electron chi connectivity index (χ4n) is 2.81. The van der Waals surface area contributed by atoms with Gasteiger partial charge in [-0.2, -0.15) is 0 Å². The summed E-state index contributed by atoms with van der Waals surface area (Å²) >= 11 is 0. The molecule has 0 aromatic carbocycles. The molecular weight excluding hydrogens is 189 g/mol. The van der Waals surface area contributed by atoms with E-state index in [-0.39, 0.29) is 11.8 Å². The monoisotopic (exact) mass is 214 g/mol. The molecular formula is C13H25NO. The third-order valence-electron chi connectivity index (χ3n) is 3.71. The maximum atomic E-state index is 11.9. The van der Waals surface area contributed by atoms with E-state index in [0.717, 1.165) is 13.0 Å². The summed E-state index contributed by atoms with van der Waals surface area (Å²) in [7, 11) is 0. The Morgan fingerprint density at radius 3 is 2.60 bits per heavy atom. The quantitative estimate of drug-likeness (QED) is 0.719. The maximum absolute atomic E-state index is 11.9. The van der Waals surface area contributed by atoms with E-state index in [0.29, 0.717) is 17.8 Å². The highest BCUT2D eigenvalue weighted by Gasteiger charge is 2.34. The van der Waals surface area contributed by atoms with Crippen LogP contribution in [0.15, 0.2) is 0 Å². The first-order chi connectivity index (χ1) is 7.06. The molecule has 0 saturated heterocycles. The van der Waals surface area contributed by atoms with Crippen molar-refractivity contribution in [2.45, 2.75) is 47.0 Å². The van der Waals surface area contributed by atoms with E-state index in [1.807, 2.05) is 6.92 Å². The molecule has 0 aromatic heterocycles. The zero-order valence-electron chi connectivity index (χ0n) is 10.5. The van der Waals surface area contributed by atoms with Crippen molar-refractivity contribution in [1.29, 1.82) is 0 Å². The SMILES string of the molecule is CC1CCC(C(C)C)C([13C](=O)N[13CH2][13CH3])C1. The number of carbonyl (C=O) groups is 1. The fraction of sp³-hybridized carbons (Fsp3) is 0.923. The normalized spacial score (nSPS) is 31.7. The van der Waals surface area contributed by atoms with Crippen molar-refractivity contribution in [3.05, 3.63) is 0 Å². The summed E-state index contributed by atoms with van der Waals surface area (Å²) in [6.45, 7) is 9.51. The molecule has 2 heteroatoms. The molecule has 0 aromatic rings. The van der Waals surface area contributed by atoms with Gasteiger partial charge in [-0.25, -0.2) is 0 Å². The Morgan fingerprint density at radius 1 is 1.40 bits per heavy atom. The van der Waals surface area contributed by atoms with E-state index >= 15 is 0 Å². The molecule has 0 radical (unpaired) electrons. The molecule has 1 aliphatic carbocycles. The summed E-state index contributed by atoms with van der Waals surface area (Å²) in [6, 6.07) is 0. The van der Waals surface area contributed by atoms with Crippen molar-refractivity contribution in [3.8, 4) is 0 Å². The minimum Gasteiger partial charge on any atom is -0.356 e. The Labute approximate surface area is 93.8 Å². The van der Waals surface area contributed by atoms with Crippen LogP contribution in [0.5, 0.6) is 0 Å². The Hall–Kier alpha value is -0.530. The van der Waals surface area contributed by atoms with Gasteiger partial charge in [0.05, 0.1) is 0 Å². The molecule has 1 rings (SSSR count). The van der Waals surface area contributed by atoms with Crippen LogP contribution in [0.1, 0.15) is 47.0 Å². The Kier molecular flexibility index (Phi) is 4.62. The van der Waals surface area contributed by atoms with Crippen molar-refractivity contribution < 1.29 is 4.79 Å². The summed E-state index contributed by atoms with van der Waals surface area (Å²) in [5, 5.41) is 2.98. The van der Waals surface area contributed by atoms with Crippen LogP contribution in [0.25, 0.3) is 0 Å². The molecule has 15 heavy (non-hydrogen) atoms. The fourth-order valence-corrected chi connectivity index (χ4v) is 2.81. The van der Waals surface area contributed by atoms with E-state index < -0.39 is 0 Å². The van der Waals surface area contributed by atoms with Crippen LogP contribution in [0.4, 0.5) is 0 Å². The largest absolute Gasteiger partial charge is 0.356 e. The van der Waals surface area contributed by atoms with Gasteiger partial charge in [-0.05, 0) is 37.5 Å². The number of rotatable bonds is 3. The lowest BCUT2D eigenvalue weighted by Gasteiger charge is -2.36. The van der Waals surface area contributed by atoms with Crippen LogP contribution in [-0.2, 0) is 4.79 Å². The van der Waals surface area contributed by atoms with E-state index in [1.165, 1.54) is 12.8 Å². The molecule has 88 valence electrons. The van der Waals surface area contributed by atoms with Crippen molar-refractivity contribution in [3.63, 3.8) is 0 Å². The summed E-state index contributed by atoms with van der Waals surface area (Å²) in [5.74, 6) is 2.47. The van der Waals surface area contributed by atoms with Gasteiger partial charge in [-0.3, -0.25) is 4.79 Å². The zero-order chi connectivity index (χ0) is 11.4. The number of carbonyl (C=O) groups excluding carboxylic acids is 1. The minimum absolute atomic E-state index is 0.258. The molecule has 0 bridgehead atoms. The van der Waals surface area contributed by atoms with Crippen LogP contribution in [0, 0.1) is 23.7 Å². The number of amides is 1. The van der Waals surface area contributed by atoms with E-state index in [4.69, 9.17) is 0 Å². The van der Waals surface area contributed by atoms with E-state index in [1.54, 1.807) is 0 Å². The Morgan fingerprint density at radius 2 is 2.07 bits per heavy atom. The van der Waals surface area contributed by atoms with Crippen LogP contribution in [0.2, 0.25) is 0 Å². The molecule has 3 atom stereocenters. The first-order valence-electron chi connectivity index (χ1n) is 6.34. The lowest BCUT2D eigenvalue weighted by molar-refractivity contribution is -0.129. The van der Waals surface area contributed by atoms with Crippen molar-refractivity contribution in [1.82, 2.24) is 5.32 Å². The minimum atomic E-state index is 0.258. The van der Waals surface area contributed by atoms with Crippen LogP contribution in [-0.4, -0.2) is 12.5 Å². The van der Waals surface area contributed by atoms with Gasteiger partial charge in [0.1, 0.15) is 0 Å². The standard InChI is InChI=1S/C13H25NO/c1-5-14-13(15)12-8-10(4)6-7-11(12)9(2)3/h9-12H,5-8H2,1-4H3,(H,14,15)/i1+1,5+1,13+1. The summed E-state index contributed by atoms with van der Waals surface area (Å²) < 4.78 is 0. The van der Waals surface area contributed by atoms with Gasteiger partial charge in [0.25, 0.3) is 0 Å². The molecule has 1 amide bonds. The lowest BCUT2D eigenvalue weighted by atomic mass is 9.73. The number of hydrogen-bond donors (Lipinski definition) is 1. The Balaban J connectivity index is 2.65. The van der Waals surface area contributed by atoms with Crippen molar-refractivity contribution >= 4 is 5.91 Å². The van der Waals surface area contributed by atoms with Crippen LogP contribution in [0.3, 0.4) is 0 Å². The molecule has 0 spiro atoms. The van der Waals surface area contributed by atoms with Crippen molar-refractivity contribution in [2.75, 3.05) is 6.54 Å². The lowest BCUT2D eigenvalue weighted by Crippen LogP contribution is -2.40. The topological polar surface area (TPSA) is 29.1 Å². The molecule has 0 heterocycles. The third kappa shape index (κ3) is 3.22. The number of hydrogen-bond acceptors (Lipinski definition) is 1. The molecule has 1 aliphatic rings. The van der Waals surface area contributed by atoms with Gasteiger partial charge in [0, 0.05) is 12.5 Å². The Bertz CT molecular complexity index is 213. The van der Waals surface area contributed by atoms with E-state index in [9.17, 15) is 4.79 Å². The van der Waals surface area contributed by atoms with Crippen LogP contribution >= 0.6 is 0 Å². The number of nitrogens with one attached hydrogen (secondary N) is 1. The zero-order valence-corrected chi connectivity index (χ0v) is 10.5. The molecule has 2 nitrogen and oxygen atoms in total. The molecule has 1 fully saturated rings. The average Bonchev–Trinajstić information content (AvgIpc) is 2.17. The average molecular weight is 214 g/mol. The first kappa shape index (κ1) is 12.5. The third-order valence-corrected chi connectivity index (χ3v) is 3.71. The second kappa shape index (κ2) is 5.53. The van der Waals surface area contributed by atoms with Gasteiger partial charge in [0.2, 0.25) is 5.91 Å². The molecule has 1 N–H and O–H groups in total. The summed E-state index contributed by atoms with van der Waals surface area (Å²) in [5.41, 5.74) is 0. The second-order valence-corrected chi connectivity index (χ2v) is 5.33. The summed E-state index contributed by atoms with van der Waals surface area (Å²) in [6.07, 6.45) is 3.59. The molecule has 3 unspecified atom stereocenters. The summed E-state index contributed by atoms with van der Waals surface area (Å²) in [4.78, 5) is 11.9. The van der Waals surface area contributed by atoms with Gasteiger partial charge in [-0.1, -0.05) is 27.2 Å². The second-order valence-electron chi connectivity index (χ2n) is 5.33. The maximum Gasteiger partial charge on any atom is 0.223 e. The van der Waals surface area contributed by atoms with Gasteiger partial charge >= 0.3 is 0 Å². The first-order valence-corrected chi connectivity index (χ1v) is 6.34. The highest BCUT2D eigenvalue weighted by molar-refractivity contribution is 5.79.